The maximum Gasteiger partial charge on any atom is 0.240 e. The third kappa shape index (κ3) is 4.72. The van der Waals surface area contributed by atoms with Crippen molar-refractivity contribution in [2.75, 3.05) is 6.54 Å². The SMILES string of the molecule is Cc1cc(F)ccc1S(=O)(=O)NC[C@@H](c1cccs1)S(=O)(=O)c1ccc(F)cc1. The normalized spacial score (nSPS) is 13.3. The van der Waals surface area contributed by atoms with Gasteiger partial charge in [-0.3, -0.25) is 0 Å². The van der Waals surface area contributed by atoms with Crippen LogP contribution in [-0.2, 0) is 19.9 Å². The highest BCUT2D eigenvalue weighted by Gasteiger charge is 2.32. The molecule has 0 saturated heterocycles. The standard InChI is InChI=1S/C19H17F2NO4S3/c1-13-11-15(21)6-9-18(13)29(25,26)22-12-19(17-3-2-10-27-17)28(23,24)16-7-4-14(20)5-8-16/h2-11,19,22H,12H2,1H3/t19-/m0/s1. The number of aryl methyl sites for hydroxylation is 1. The van der Waals surface area contributed by atoms with Gasteiger partial charge in [0.15, 0.2) is 9.84 Å². The van der Waals surface area contributed by atoms with Gasteiger partial charge in [0, 0.05) is 11.4 Å². The Morgan fingerprint density at radius 2 is 1.62 bits per heavy atom. The fraction of sp³-hybridized carbons (Fsp3) is 0.158. The summed E-state index contributed by atoms with van der Waals surface area (Å²) in [5.41, 5.74) is 0.201. The topological polar surface area (TPSA) is 80.3 Å². The molecule has 3 aromatic rings. The van der Waals surface area contributed by atoms with E-state index in [1.54, 1.807) is 17.5 Å². The van der Waals surface area contributed by atoms with Gasteiger partial charge in [0.2, 0.25) is 10.0 Å². The van der Waals surface area contributed by atoms with E-state index in [9.17, 15) is 25.6 Å². The summed E-state index contributed by atoms with van der Waals surface area (Å²) in [5, 5.41) is 0.477. The predicted molar refractivity (Wildman–Crippen MR) is 107 cm³/mol. The molecule has 1 aromatic heterocycles. The van der Waals surface area contributed by atoms with Crippen molar-refractivity contribution in [3.63, 3.8) is 0 Å². The Hall–Kier alpha value is -2.14. The van der Waals surface area contributed by atoms with Gasteiger partial charge in [0.1, 0.15) is 16.9 Å². The maximum atomic E-state index is 13.3. The molecule has 154 valence electrons. The molecule has 0 amide bonds. The molecule has 3 rings (SSSR count). The Morgan fingerprint density at radius 3 is 2.21 bits per heavy atom. The van der Waals surface area contributed by atoms with Crippen LogP contribution < -0.4 is 4.72 Å². The number of thiophene rings is 1. The number of nitrogens with one attached hydrogen (secondary N) is 1. The van der Waals surface area contributed by atoms with Crippen molar-refractivity contribution in [3.8, 4) is 0 Å². The Bertz CT molecular complexity index is 1210. The van der Waals surface area contributed by atoms with E-state index < -0.39 is 43.3 Å². The van der Waals surface area contributed by atoms with Gasteiger partial charge < -0.3 is 0 Å². The molecule has 0 aliphatic carbocycles. The summed E-state index contributed by atoms with van der Waals surface area (Å²) < 4.78 is 80.4. The van der Waals surface area contributed by atoms with E-state index in [0.29, 0.717) is 4.88 Å². The third-order valence-electron chi connectivity index (χ3n) is 4.26. The van der Waals surface area contributed by atoms with Crippen LogP contribution in [-0.4, -0.2) is 23.4 Å². The van der Waals surface area contributed by atoms with Crippen LogP contribution in [0.5, 0.6) is 0 Å². The van der Waals surface area contributed by atoms with E-state index in [0.717, 1.165) is 42.5 Å². The van der Waals surface area contributed by atoms with Crippen LogP contribution >= 0.6 is 11.3 Å². The van der Waals surface area contributed by atoms with Gasteiger partial charge in [-0.1, -0.05) is 6.07 Å². The van der Waals surface area contributed by atoms with E-state index >= 15 is 0 Å². The number of sulfonamides is 1. The summed E-state index contributed by atoms with van der Waals surface area (Å²) in [6, 6.07) is 10.8. The van der Waals surface area contributed by atoms with Crippen LogP contribution in [0.3, 0.4) is 0 Å². The van der Waals surface area contributed by atoms with Gasteiger partial charge in [-0.15, -0.1) is 11.3 Å². The van der Waals surface area contributed by atoms with Crippen LogP contribution in [0, 0.1) is 18.6 Å². The zero-order valence-electron chi connectivity index (χ0n) is 15.2. The first-order valence-electron chi connectivity index (χ1n) is 8.40. The molecule has 2 aromatic carbocycles. The highest BCUT2D eigenvalue weighted by atomic mass is 32.2. The lowest BCUT2D eigenvalue weighted by Gasteiger charge is -2.18. The molecule has 0 fully saturated rings. The van der Waals surface area contributed by atoms with E-state index in [2.05, 4.69) is 4.72 Å². The molecule has 1 atom stereocenters. The van der Waals surface area contributed by atoms with Gasteiger partial charge in [-0.2, -0.15) is 0 Å². The lowest BCUT2D eigenvalue weighted by Crippen LogP contribution is -2.32. The van der Waals surface area contributed by atoms with E-state index in [1.807, 2.05) is 0 Å². The molecular formula is C19H17F2NO4S3. The number of hydrogen-bond acceptors (Lipinski definition) is 5. The molecule has 0 spiro atoms. The Kier molecular flexibility index (Phi) is 6.18. The highest BCUT2D eigenvalue weighted by molar-refractivity contribution is 7.92. The molecule has 29 heavy (non-hydrogen) atoms. The molecular weight excluding hydrogens is 440 g/mol. The van der Waals surface area contributed by atoms with Gasteiger partial charge >= 0.3 is 0 Å². The second-order valence-electron chi connectivity index (χ2n) is 6.26. The minimum Gasteiger partial charge on any atom is -0.223 e. The molecule has 1 N–H and O–H groups in total. The van der Waals surface area contributed by atoms with Gasteiger partial charge in [0.05, 0.1) is 9.79 Å². The molecule has 0 unspecified atom stereocenters. The van der Waals surface area contributed by atoms with E-state index in [1.165, 1.54) is 18.3 Å². The maximum absolute atomic E-state index is 13.3. The van der Waals surface area contributed by atoms with Crippen molar-refractivity contribution in [1.82, 2.24) is 4.72 Å². The molecule has 0 aliphatic rings. The molecule has 0 saturated carbocycles. The van der Waals surface area contributed by atoms with Gasteiger partial charge in [-0.05, 0) is 66.4 Å². The first-order valence-corrected chi connectivity index (χ1v) is 12.3. The molecule has 1 heterocycles. The van der Waals surface area contributed by atoms with Crippen molar-refractivity contribution in [3.05, 3.63) is 82.1 Å². The van der Waals surface area contributed by atoms with Crippen LogP contribution in [0.25, 0.3) is 0 Å². The van der Waals surface area contributed by atoms with Crippen LogP contribution in [0.4, 0.5) is 8.78 Å². The first kappa shape index (κ1) is 21.6. The number of halogens is 2. The number of rotatable bonds is 7. The molecule has 0 bridgehead atoms. The summed E-state index contributed by atoms with van der Waals surface area (Å²) >= 11 is 1.17. The van der Waals surface area contributed by atoms with Crippen molar-refractivity contribution < 1.29 is 25.6 Å². The smallest absolute Gasteiger partial charge is 0.223 e. The summed E-state index contributed by atoms with van der Waals surface area (Å²) in [4.78, 5) is 0.185. The summed E-state index contributed by atoms with van der Waals surface area (Å²) in [6.45, 7) is 1.02. The molecule has 10 heteroatoms. The zero-order valence-corrected chi connectivity index (χ0v) is 17.6. The second kappa shape index (κ2) is 8.31. The fourth-order valence-corrected chi connectivity index (χ4v) is 6.97. The Labute approximate surface area is 172 Å². The lowest BCUT2D eigenvalue weighted by atomic mass is 10.2. The lowest BCUT2D eigenvalue weighted by molar-refractivity contribution is 0.568. The van der Waals surface area contributed by atoms with Crippen LogP contribution in [0.2, 0.25) is 0 Å². The monoisotopic (exact) mass is 457 g/mol. The Balaban J connectivity index is 1.94. The minimum atomic E-state index is -4.08. The quantitative estimate of drug-likeness (QED) is 0.547. The molecule has 0 radical (unpaired) electrons. The number of sulfone groups is 1. The average Bonchev–Trinajstić information content (AvgIpc) is 3.15. The van der Waals surface area contributed by atoms with Crippen LogP contribution in [0.1, 0.15) is 15.7 Å². The number of benzene rings is 2. The molecule has 0 aliphatic heterocycles. The summed E-state index contributed by atoms with van der Waals surface area (Å²) in [7, 11) is -8.08. The fourth-order valence-electron chi connectivity index (χ4n) is 2.80. The highest BCUT2D eigenvalue weighted by Crippen LogP contribution is 2.32. The Morgan fingerprint density at radius 1 is 0.966 bits per heavy atom. The second-order valence-corrected chi connectivity index (χ2v) is 11.1. The van der Waals surface area contributed by atoms with Crippen molar-refractivity contribution in [2.24, 2.45) is 0 Å². The minimum absolute atomic E-state index is 0.116. The predicted octanol–water partition coefficient (Wildman–Crippen LogP) is 3.83. The third-order valence-corrected chi connectivity index (χ3v) is 9.08. The number of hydrogen-bond donors (Lipinski definition) is 1. The largest absolute Gasteiger partial charge is 0.240 e. The van der Waals surface area contributed by atoms with E-state index in [-0.39, 0.29) is 15.4 Å². The van der Waals surface area contributed by atoms with Gasteiger partial charge in [-0.25, -0.2) is 30.3 Å². The van der Waals surface area contributed by atoms with Crippen LogP contribution in [0.15, 0.2) is 69.8 Å². The summed E-state index contributed by atoms with van der Waals surface area (Å²) in [5.74, 6) is -1.15. The van der Waals surface area contributed by atoms with Crippen molar-refractivity contribution in [2.45, 2.75) is 22.0 Å². The van der Waals surface area contributed by atoms with Crippen molar-refractivity contribution in [1.29, 1.82) is 0 Å². The van der Waals surface area contributed by atoms with Crippen molar-refractivity contribution >= 4 is 31.2 Å². The average molecular weight is 458 g/mol. The molecule has 5 nitrogen and oxygen atoms in total. The summed E-state index contributed by atoms with van der Waals surface area (Å²) in [6.07, 6.45) is 0. The zero-order chi connectivity index (χ0) is 21.2. The van der Waals surface area contributed by atoms with E-state index in [4.69, 9.17) is 0 Å². The first-order chi connectivity index (χ1) is 13.6. The van der Waals surface area contributed by atoms with Gasteiger partial charge in [0.25, 0.3) is 0 Å².